The molecule has 0 saturated carbocycles. The molecule has 184 valence electrons. The summed E-state index contributed by atoms with van der Waals surface area (Å²) in [4.78, 5) is 4.76. The Bertz CT molecular complexity index is 1230. The van der Waals surface area contributed by atoms with E-state index in [1.54, 1.807) is 6.21 Å². The molecule has 35 heavy (non-hydrogen) atoms. The van der Waals surface area contributed by atoms with E-state index in [4.69, 9.17) is 9.72 Å². The first kappa shape index (κ1) is 24.6. The van der Waals surface area contributed by atoms with Crippen LogP contribution in [0.25, 0.3) is 22.1 Å². The number of nitrogens with one attached hydrogen (secondary N) is 1. The first-order valence-corrected chi connectivity index (χ1v) is 12.9. The fourth-order valence-electron chi connectivity index (χ4n) is 4.21. The predicted molar refractivity (Wildman–Crippen MR) is 144 cm³/mol. The van der Waals surface area contributed by atoms with Crippen molar-refractivity contribution in [3.05, 3.63) is 54.1 Å². The van der Waals surface area contributed by atoms with Gasteiger partial charge in [0.05, 0.1) is 18.3 Å². The summed E-state index contributed by atoms with van der Waals surface area (Å²) >= 11 is 0. The molecule has 0 atom stereocenters. The Hall–Kier alpha value is -3.48. The van der Waals surface area contributed by atoms with Gasteiger partial charge >= 0.3 is 0 Å². The maximum atomic E-state index is 5.81. The molecule has 7 heteroatoms. The molecule has 0 radical (unpaired) electrons. The van der Waals surface area contributed by atoms with Gasteiger partial charge in [-0.25, -0.2) is 5.43 Å². The highest BCUT2D eigenvalue weighted by Gasteiger charge is 2.14. The molecule has 0 aliphatic carbocycles. The van der Waals surface area contributed by atoms with Crippen molar-refractivity contribution in [3.63, 3.8) is 0 Å². The van der Waals surface area contributed by atoms with Crippen LogP contribution in [0, 0.1) is 0 Å². The van der Waals surface area contributed by atoms with E-state index >= 15 is 0 Å². The third kappa shape index (κ3) is 6.56. The highest BCUT2D eigenvalue weighted by molar-refractivity contribution is 6.04. The largest absolute Gasteiger partial charge is 0.494 e. The number of nitrogens with zero attached hydrogens (tertiary/aromatic N) is 5. The van der Waals surface area contributed by atoms with E-state index in [0.29, 0.717) is 5.95 Å². The third-order valence-electron chi connectivity index (χ3n) is 6.13. The molecule has 0 fully saturated rings. The quantitative estimate of drug-likeness (QED) is 0.122. The van der Waals surface area contributed by atoms with E-state index in [-0.39, 0.29) is 0 Å². The number of hydrazone groups is 1. The van der Waals surface area contributed by atoms with Crippen molar-refractivity contribution in [1.29, 1.82) is 0 Å². The van der Waals surface area contributed by atoms with Crippen molar-refractivity contribution >= 4 is 34.2 Å². The van der Waals surface area contributed by atoms with Gasteiger partial charge in [0, 0.05) is 11.9 Å². The lowest BCUT2D eigenvalue weighted by atomic mass is 10.2. The molecule has 0 bridgehead atoms. The van der Waals surface area contributed by atoms with E-state index in [0.717, 1.165) is 59.4 Å². The predicted octanol–water partition coefficient (Wildman–Crippen LogP) is 6.96. The van der Waals surface area contributed by atoms with Gasteiger partial charge in [-0.15, -0.1) is 10.2 Å². The van der Waals surface area contributed by atoms with E-state index in [1.165, 1.54) is 38.5 Å². The van der Waals surface area contributed by atoms with Crippen LogP contribution in [0.4, 0.5) is 5.95 Å². The fraction of sp³-hybridized carbons (Fsp3) is 0.429. The summed E-state index contributed by atoms with van der Waals surface area (Å²) in [6.07, 6.45) is 11.4. The fourth-order valence-corrected chi connectivity index (χ4v) is 4.21. The van der Waals surface area contributed by atoms with E-state index in [2.05, 4.69) is 57.3 Å². The zero-order chi connectivity index (χ0) is 24.3. The van der Waals surface area contributed by atoms with Gasteiger partial charge in [0.15, 0.2) is 5.65 Å². The van der Waals surface area contributed by atoms with Crippen LogP contribution in [0.2, 0.25) is 0 Å². The Balaban J connectivity index is 1.41. The minimum atomic E-state index is 0.387. The second kappa shape index (κ2) is 12.8. The van der Waals surface area contributed by atoms with Gasteiger partial charge in [-0.3, -0.25) is 0 Å². The number of benzene rings is 2. The zero-order valence-corrected chi connectivity index (χ0v) is 20.9. The Morgan fingerprint density at radius 3 is 2.46 bits per heavy atom. The van der Waals surface area contributed by atoms with Crippen LogP contribution >= 0.6 is 0 Å². The summed E-state index contributed by atoms with van der Waals surface area (Å²) in [6.45, 7) is 6.12. The Morgan fingerprint density at radius 1 is 0.886 bits per heavy atom. The maximum absolute atomic E-state index is 5.81. The average Bonchev–Trinajstić information content (AvgIpc) is 3.20. The second-order valence-corrected chi connectivity index (χ2v) is 8.89. The number of aromatic nitrogens is 4. The number of rotatable bonds is 14. The number of aryl methyl sites for hydroxylation is 1. The van der Waals surface area contributed by atoms with Crippen molar-refractivity contribution < 1.29 is 4.74 Å². The van der Waals surface area contributed by atoms with Crippen molar-refractivity contribution in [2.75, 3.05) is 12.0 Å². The SMILES string of the molecule is CCCCCCOc1ccc(/C=N/Nc2nnc3c4ccccc4n(CCCCCC)c3n2)cc1. The van der Waals surface area contributed by atoms with E-state index < -0.39 is 0 Å². The first-order valence-electron chi connectivity index (χ1n) is 12.9. The molecule has 2 heterocycles. The molecule has 0 amide bonds. The number of hydrogen-bond acceptors (Lipinski definition) is 6. The lowest BCUT2D eigenvalue weighted by Gasteiger charge is -2.07. The Kier molecular flexibility index (Phi) is 9.04. The molecular weight excluding hydrogens is 436 g/mol. The normalized spacial score (nSPS) is 11.6. The van der Waals surface area contributed by atoms with Crippen LogP contribution in [0.5, 0.6) is 5.75 Å². The molecule has 2 aromatic carbocycles. The monoisotopic (exact) mass is 472 g/mol. The van der Waals surface area contributed by atoms with Gasteiger partial charge in [-0.1, -0.05) is 70.6 Å². The smallest absolute Gasteiger partial charge is 0.265 e. The molecule has 4 aromatic rings. The molecule has 7 nitrogen and oxygen atoms in total. The highest BCUT2D eigenvalue weighted by Crippen LogP contribution is 2.27. The number of fused-ring (bicyclic) bond motifs is 3. The Morgan fingerprint density at radius 2 is 1.66 bits per heavy atom. The summed E-state index contributed by atoms with van der Waals surface area (Å²) in [5.41, 5.74) is 6.73. The standard InChI is InChI=1S/C28H36N6O/c1-3-5-7-11-19-34-25-14-10-9-13-24(25)26-27(34)30-28(33-31-26)32-29-21-22-15-17-23(18-16-22)35-20-12-8-6-4-2/h9-10,13-18,21H,3-8,11-12,19-20H2,1-2H3,(H,30,32,33)/b29-21+. The highest BCUT2D eigenvalue weighted by atomic mass is 16.5. The molecule has 0 aliphatic rings. The van der Waals surface area contributed by atoms with Gasteiger partial charge in [0.1, 0.15) is 11.3 Å². The van der Waals surface area contributed by atoms with Gasteiger partial charge in [0.2, 0.25) is 0 Å². The summed E-state index contributed by atoms with van der Waals surface area (Å²) in [5, 5.41) is 14.1. The molecule has 0 spiro atoms. The zero-order valence-electron chi connectivity index (χ0n) is 20.9. The van der Waals surface area contributed by atoms with Crippen molar-refractivity contribution in [2.45, 2.75) is 71.8 Å². The molecular formula is C28H36N6O. The summed E-state index contributed by atoms with van der Waals surface area (Å²) in [5.74, 6) is 1.27. The lowest BCUT2D eigenvalue weighted by molar-refractivity contribution is 0.305. The van der Waals surface area contributed by atoms with Crippen LogP contribution in [-0.4, -0.2) is 32.6 Å². The molecule has 0 unspecified atom stereocenters. The van der Waals surface area contributed by atoms with Crippen LogP contribution in [0.15, 0.2) is 53.6 Å². The van der Waals surface area contributed by atoms with Crippen LogP contribution in [0.3, 0.4) is 0 Å². The summed E-state index contributed by atoms with van der Waals surface area (Å²) < 4.78 is 8.06. The number of ether oxygens (including phenoxy) is 1. The van der Waals surface area contributed by atoms with Gasteiger partial charge < -0.3 is 9.30 Å². The summed E-state index contributed by atoms with van der Waals surface area (Å²) in [6, 6.07) is 16.2. The van der Waals surface area contributed by atoms with Gasteiger partial charge in [-0.05, 0) is 48.7 Å². The average molecular weight is 473 g/mol. The Labute approximate surface area is 207 Å². The topological polar surface area (TPSA) is 77.2 Å². The molecule has 2 aromatic heterocycles. The first-order chi connectivity index (χ1) is 17.3. The maximum Gasteiger partial charge on any atom is 0.265 e. The van der Waals surface area contributed by atoms with Gasteiger partial charge in [0.25, 0.3) is 5.95 Å². The third-order valence-corrected chi connectivity index (χ3v) is 6.13. The van der Waals surface area contributed by atoms with E-state index in [1.807, 2.05) is 30.3 Å². The molecule has 4 rings (SSSR count). The molecule has 1 N–H and O–H groups in total. The number of anilines is 1. The minimum absolute atomic E-state index is 0.387. The number of unbranched alkanes of at least 4 members (excludes halogenated alkanes) is 6. The lowest BCUT2D eigenvalue weighted by Crippen LogP contribution is -2.03. The molecule has 0 aliphatic heterocycles. The van der Waals surface area contributed by atoms with Crippen molar-refractivity contribution in [1.82, 2.24) is 19.7 Å². The molecule has 0 saturated heterocycles. The van der Waals surface area contributed by atoms with Gasteiger partial charge in [-0.2, -0.15) is 10.1 Å². The van der Waals surface area contributed by atoms with Crippen LogP contribution in [0.1, 0.15) is 70.8 Å². The summed E-state index contributed by atoms with van der Waals surface area (Å²) in [7, 11) is 0. The van der Waals surface area contributed by atoms with Crippen molar-refractivity contribution in [3.8, 4) is 5.75 Å². The number of para-hydroxylation sites is 1. The van der Waals surface area contributed by atoms with Crippen LogP contribution < -0.4 is 10.2 Å². The minimum Gasteiger partial charge on any atom is -0.494 e. The van der Waals surface area contributed by atoms with E-state index in [9.17, 15) is 0 Å². The van der Waals surface area contributed by atoms with Crippen LogP contribution in [-0.2, 0) is 6.54 Å². The second-order valence-electron chi connectivity index (χ2n) is 8.89. The van der Waals surface area contributed by atoms with Crippen molar-refractivity contribution in [2.24, 2.45) is 5.10 Å². The number of hydrogen-bond donors (Lipinski definition) is 1.